The topological polar surface area (TPSA) is 101 Å². The molecule has 3 rings (SSSR count). The lowest BCUT2D eigenvalue weighted by atomic mass is 10.1. The zero-order valence-electron chi connectivity index (χ0n) is 14.4. The Morgan fingerprint density at radius 3 is 2.76 bits per heavy atom. The average molecular weight is 342 g/mol. The molecule has 2 heterocycles. The van der Waals surface area contributed by atoms with Crippen molar-refractivity contribution in [3.8, 4) is 0 Å². The molecule has 0 unspecified atom stereocenters. The molecule has 1 fully saturated rings. The van der Waals surface area contributed by atoms with Gasteiger partial charge in [-0.1, -0.05) is 30.3 Å². The van der Waals surface area contributed by atoms with Crippen molar-refractivity contribution in [1.29, 1.82) is 0 Å². The molecule has 132 valence electrons. The van der Waals surface area contributed by atoms with E-state index in [1.807, 2.05) is 37.3 Å². The van der Waals surface area contributed by atoms with Crippen molar-refractivity contribution in [2.75, 3.05) is 18.8 Å². The van der Waals surface area contributed by atoms with E-state index in [4.69, 9.17) is 10.5 Å². The summed E-state index contributed by atoms with van der Waals surface area (Å²) >= 11 is 0. The quantitative estimate of drug-likeness (QED) is 0.872. The van der Waals surface area contributed by atoms with Crippen molar-refractivity contribution < 1.29 is 9.53 Å². The minimum Gasteiger partial charge on any atom is -0.383 e. The minimum atomic E-state index is -0.362. The molecule has 1 aliphatic heterocycles. The predicted octanol–water partition coefficient (Wildman–Crippen LogP) is 1.19. The van der Waals surface area contributed by atoms with Gasteiger partial charge in [0.05, 0.1) is 24.6 Å². The Morgan fingerprint density at radius 2 is 2.08 bits per heavy atom. The highest BCUT2D eigenvalue weighted by molar-refractivity contribution is 5.80. The number of H-pyrrole nitrogens is 1. The van der Waals surface area contributed by atoms with Gasteiger partial charge in [-0.05, 0) is 19.4 Å². The summed E-state index contributed by atoms with van der Waals surface area (Å²) in [6, 6.07) is 9.80. The number of nitrogens with two attached hydrogens (primary N) is 1. The Hall–Kier alpha value is -2.67. The SMILES string of the molecule is Cc1nc(N)c(CC(=O)N2C[C@H](C)O[C@@H](c3ccccc3)C2)c(=O)[nH]1. The molecule has 2 atom stereocenters. The van der Waals surface area contributed by atoms with E-state index in [1.165, 1.54) is 0 Å². The monoisotopic (exact) mass is 342 g/mol. The molecule has 1 aromatic carbocycles. The van der Waals surface area contributed by atoms with Crippen LogP contribution < -0.4 is 11.3 Å². The lowest BCUT2D eigenvalue weighted by molar-refractivity contribution is -0.144. The molecule has 0 radical (unpaired) electrons. The molecule has 0 saturated carbocycles. The van der Waals surface area contributed by atoms with Gasteiger partial charge in [0, 0.05) is 6.54 Å². The summed E-state index contributed by atoms with van der Waals surface area (Å²) in [7, 11) is 0. The van der Waals surface area contributed by atoms with Crippen molar-refractivity contribution in [3.05, 3.63) is 57.6 Å². The third-order valence-corrected chi connectivity index (χ3v) is 4.28. The molecule has 2 aromatic rings. The second-order valence-corrected chi connectivity index (χ2v) is 6.34. The number of benzene rings is 1. The number of rotatable bonds is 3. The number of carbonyl (C=O) groups is 1. The maximum Gasteiger partial charge on any atom is 0.256 e. The van der Waals surface area contributed by atoms with Gasteiger partial charge in [0.15, 0.2) is 0 Å². The van der Waals surface area contributed by atoms with E-state index >= 15 is 0 Å². The Morgan fingerprint density at radius 1 is 1.36 bits per heavy atom. The maximum atomic E-state index is 12.7. The van der Waals surface area contributed by atoms with E-state index in [-0.39, 0.29) is 41.5 Å². The van der Waals surface area contributed by atoms with Gasteiger partial charge in [0.25, 0.3) is 5.56 Å². The van der Waals surface area contributed by atoms with Gasteiger partial charge in [-0.15, -0.1) is 0 Å². The first kappa shape index (κ1) is 17.2. The number of nitrogens with zero attached hydrogens (tertiary/aromatic N) is 2. The molecule has 25 heavy (non-hydrogen) atoms. The number of aromatic amines is 1. The molecule has 1 aromatic heterocycles. The Kier molecular flexibility index (Phi) is 4.85. The first-order valence-corrected chi connectivity index (χ1v) is 8.27. The zero-order valence-corrected chi connectivity index (χ0v) is 14.4. The Bertz CT molecular complexity index is 819. The summed E-state index contributed by atoms with van der Waals surface area (Å²) in [5.41, 5.74) is 6.70. The fraction of sp³-hybridized carbons (Fsp3) is 0.389. The number of hydrogen-bond donors (Lipinski definition) is 2. The number of hydrogen-bond acceptors (Lipinski definition) is 5. The van der Waals surface area contributed by atoms with Crippen LogP contribution >= 0.6 is 0 Å². The summed E-state index contributed by atoms with van der Waals surface area (Å²) in [6.07, 6.45) is -0.335. The van der Waals surface area contributed by atoms with Gasteiger partial charge in [0.1, 0.15) is 17.7 Å². The van der Waals surface area contributed by atoms with Crippen LogP contribution in [0, 0.1) is 6.92 Å². The number of nitrogens with one attached hydrogen (secondary N) is 1. The van der Waals surface area contributed by atoms with E-state index in [0.29, 0.717) is 18.9 Å². The van der Waals surface area contributed by atoms with Crippen LogP contribution in [0.5, 0.6) is 0 Å². The highest BCUT2D eigenvalue weighted by atomic mass is 16.5. The number of ether oxygens (including phenoxy) is 1. The van der Waals surface area contributed by atoms with E-state index in [9.17, 15) is 9.59 Å². The van der Waals surface area contributed by atoms with E-state index in [0.717, 1.165) is 5.56 Å². The normalized spacial score (nSPS) is 20.5. The third-order valence-electron chi connectivity index (χ3n) is 4.28. The standard InChI is InChI=1S/C18H22N4O3/c1-11-9-22(10-15(25-11)13-6-4-3-5-7-13)16(23)8-14-17(19)20-12(2)21-18(14)24/h3-7,11,15H,8-10H2,1-2H3,(H3,19,20,21,24)/t11-,15+/m0/s1. The molecule has 3 N–H and O–H groups in total. The number of morpholine rings is 1. The van der Waals surface area contributed by atoms with E-state index < -0.39 is 0 Å². The van der Waals surface area contributed by atoms with E-state index in [2.05, 4.69) is 9.97 Å². The van der Waals surface area contributed by atoms with Gasteiger partial charge in [-0.3, -0.25) is 9.59 Å². The smallest absolute Gasteiger partial charge is 0.256 e. The van der Waals surface area contributed by atoms with Gasteiger partial charge >= 0.3 is 0 Å². The molecule has 1 saturated heterocycles. The van der Waals surface area contributed by atoms with Crippen molar-refractivity contribution in [1.82, 2.24) is 14.9 Å². The van der Waals surface area contributed by atoms with Crippen LogP contribution in [0.3, 0.4) is 0 Å². The molecule has 0 aliphatic carbocycles. The van der Waals surface area contributed by atoms with Crippen LogP contribution in [0.15, 0.2) is 35.1 Å². The molecule has 0 bridgehead atoms. The van der Waals surface area contributed by atoms with Gasteiger partial charge in [-0.2, -0.15) is 0 Å². The molecule has 1 amide bonds. The van der Waals surface area contributed by atoms with Crippen LogP contribution in [0.25, 0.3) is 0 Å². The lowest BCUT2D eigenvalue weighted by Crippen LogP contribution is -2.47. The predicted molar refractivity (Wildman–Crippen MR) is 94.0 cm³/mol. The average Bonchev–Trinajstić information content (AvgIpc) is 2.58. The largest absolute Gasteiger partial charge is 0.383 e. The molecular weight excluding hydrogens is 320 g/mol. The van der Waals surface area contributed by atoms with Crippen LogP contribution in [0.4, 0.5) is 5.82 Å². The second-order valence-electron chi connectivity index (χ2n) is 6.34. The summed E-state index contributed by atoms with van der Waals surface area (Å²) in [5.74, 6) is 0.386. The fourth-order valence-electron chi connectivity index (χ4n) is 3.07. The van der Waals surface area contributed by atoms with Crippen LogP contribution in [-0.2, 0) is 16.0 Å². The zero-order chi connectivity index (χ0) is 18.0. The summed E-state index contributed by atoms with van der Waals surface area (Å²) < 4.78 is 5.97. The van der Waals surface area contributed by atoms with Gasteiger partial charge in [-0.25, -0.2) is 4.98 Å². The highest BCUT2D eigenvalue weighted by Crippen LogP contribution is 2.25. The number of nitrogen functional groups attached to an aromatic ring is 1. The maximum absolute atomic E-state index is 12.7. The van der Waals surface area contributed by atoms with Crippen LogP contribution in [0.2, 0.25) is 0 Å². The number of aryl methyl sites for hydroxylation is 1. The number of carbonyl (C=O) groups excluding carboxylic acids is 1. The summed E-state index contributed by atoms with van der Waals surface area (Å²) in [5, 5.41) is 0. The van der Waals surface area contributed by atoms with Crippen LogP contribution in [-0.4, -0.2) is 40.0 Å². The third kappa shape index (κ3) is 3.88. The molecule has 7 nitrogen and oxygen atoms in total. The first-order chi connectivity index (χ1) is 11.9. The van der Waals surface area contributed by atoms with Crippen LogP contribution in [0.1, 0.15) is 30.0 Å². The summed E-state index contributed by atoms with van der Waals surface area (Å²) in [6.45, 7) is 4.52. The van der Waals surface area contributed by atoms with Gasteiger partial charge < -0.3 is 20.4 Å². The number of amides is 1. The first-order valence-electron chi connectivity index (χ1n) is 8.27. The minimum absolute atomic E-state index is 0.0668. The molecule has 7 heteroatoms. The number of aromatic nitrogens is 2. The molecule has 1 aliphatic rings. The second kappa shape index (κ2) is 7.06. The summed E-state index contributed by atoms with van der Waals surface area (Å²) in [4.78, 5) is 33.1. The van der Waals surface area contributed by atoms with Crippen molar-refractivity contribution in [2.45, 2.75) is 32.5 Å². The molecular formula is C18H22N4O3. The van der Waals surface area contributed by atoms with Crippen molar-refractivity contribution in [2.24, 2.45) is 0 Å². The van der Waals surface area contributed by atoms with Crippen molar-refractivity contribution >= 4 is 11.7 Å². The number of anilines is 1. The molecule has 0 spiro atoms. The highest BCUT2D eigenvalue weighted by Gasteiger charge is 2.30. The fourth-order valence-corrected chi connectivity index (χ4v) is 3.07. The lowest BCUT2D eigenvalue weighted by Gasteiger charge is -2.37. The van der Waals surface area contributed by atoms with Gasteiger partial charge in [0.2, 0.25) is 5.91 Å². The Balaban J connectivity index is 1.77. The van der Waals surface area contributed by atoms with Crippen molar-refractivity contribution in [3.63, 3.8) is 0 Å². The van der Waals surface area contributed by atoms with E-state index in [1.54, 1.807) is 11.8 Å². The Labute approximate surface area is 145 Å².